The van der Waals surface area contributed by atoms with Crippen LogP contribution >= 0.6 is 12.2 Å². The molecule has 0 unspecified atom stereocenters. The van der Waals surface area contributed by atoms with Crippen LogP contribution in [0.3, 0.4) is 0 Å². The van der Waals surface area contributed by atoms with E-state index in [0.717, 1.165) is 37.0 Å². The maximum absolute atomic E-state index is 5.62. The van der Waals surface area contributed by atoms with Crippen molar-refractivity contribution in [2.45, 2.75) is 13.0 Å². The fourth-order valence-corrected chi connectivity index (χ4v) is 3.42. The molecule has 1 atom stereocenters. The molecule has 1 heterocycles. The molecule has 0 amide bonds. The molecular formula is C20H25N3OS. The number of anilines is 1. The summed E-state index contributed by atoms with van der Waals surface area (Å²) in [6, 6.07) is 18.9. The van der Waals surface area contributed by atoms with E-state index in [0.29, 0.717) is 0 Å². The van der Waals surface area contributed by atoms with Crippen molar-refractivity contribution in [1.29, 1.82) is 0 Å². The minimum absolute atomic E-state index is 0.216. The molecule has 1 fully saturated rings. The van der Waals surface area contributed by atoms with Crippen LogP contribution in [0.4, 0.5) is 5.69 Å². The Morgan fingerprint density at radius 2 is 1.64 bits per heavy atom. The quantitative estimate of drug-likeness (QED) is 0.848. The Labute approximate surface area is 155 Å². The second-order valence-corrected chi connectivity index (χ2v) is 6.64. The van der Waals surface area contributed by atoms with Gasteiger partial charge < -0.3 is 19.9 Å². The molecule has 4 nitrogen and oxygen atoms in total. The number of piperazine rings is 1. The van der Waals surface area contributed by atoms with E-state index in [1.165, 1.54) is 11.3 Å². The monoisotopic (exact) mass is 355 g/mol. The molecule has 0 aliphatic carbocycles. The number of ether oxygens (including phenoxy) is 1. The van der Waals surface area contributed by atoms with E-state index in [9.17, 15) is 0 Å². The minimum atomic E-state index is 0.216. The van der Waals surface area contributed by atoms with Gasteiger partial charge in [-0.05, 0) is 49.0 Å². The van der Waals surface area contributed by atoms with Crippen molar-refractivity contribution >= 4 is 23.0 Å². The first-order valence-corrected chi connectivity index (χ1v) is 9.07. The number of thiocarbonyl (C=S) groups is 1. The van der Waals surface area contributed by atoms with Crippen LogP contribution in [0.1, 0.15) is 18.5 Å². The maximum atomic E-state index is 5.62. The van der Waals surface area contributed by atoms with Gasteiger partial charge in [0.15, 0.2) is 5.11 Å². The summed E-state index contributed by atoms with van der Waals surface area (Å²) in [5, 5.41) is 4.30. The molecule has 132 valence electrons. The van der Waals surface area contributed by atoms with Crippen molar-refractivity contribution in [2.24, 2.45) is 0 Å². The summed E-state index contributed by atoms with van der Waals surface area (Å²) in [6.45, 7) is 5.94. The Morgan fingerprint density at radius 1 is 1.00 bits per heavy atom. The van der Waals surface area contributed by atoms with Crippen LogP contribution in [0.25, 0.3) is 0 Å². The van der Waals surface area contributed by atoms with Crippen LogP contribution in [0.2, 0.25) is 0 Å². The maximum Gasteiger partial charge on any atom is 0.169 e. The molecular weight excluding hydrogens is 330 g/mol. The van der Waals surface area contributed by atoms with Gasteiger partial charge in [0, 0.05) is 31.9 Å². The van der Waals surface area contributed by atoms with Gasteiger partial charge in [0.1, 0.15) is 5.75 Å². The molecule has 0 saturated carbocycles. The smallest absolute Gasteiger partial charge is 0.169 e. The van der Waals surface area contributed by atoms with Crippen molar-refractivity contribution in [3.8, 4) is 5.75 Å². The molecule has 3 rings (SSSR count). The molecule has 0 aromatic heterocycles. The summed E-state index contributed by atoms with van der Waals surface area (Å²) in [5.74, 6) is 0.891. The average Bonchev–Trinajstić information content (AvgIpc) is 2.69. The molecule has 0 radical (unpaired) electrons. The van der Waals surface area contributed by atoms with Gasteiger partial charge in [-0.1, -0.05) is 30.3 Å². The third-order valence-corrected chi connectivity index (χ3v) is 5.02. The van der Waals surface area contributed by atoms with E-state index in [1.807, 2.05) is 18.2 Å². The van der Waals surface area contributed by atoms with E-state index >= 15 is 0 Å². The van der Waals surface area contributed by atoms with E-state index in [4.69, 9.17) is 17.0 Å². The fourth-order valence-electron chi connectivity index (χ4n) is 3.06. The first kappa shape index (κ1) is 17.5. The van der Waals surface area contributed by atoms with Gasteiger partial charge in [0.05, 0.1) is 13.2 Å². The molecule has 1 aliphatic rings. The van der Waals surface area contributed by atoms with Crippen LogP contribution in [-0.4, -0.2) is 43.3 Å². The van der Waals surface area contributed by atoms with E-state index in [1.54, 1.807) is 7.11 Å². The number of nitrogens with zero attached hydrogens (tertiary/aromatic N) is 2. The summed E-state index contributed by atoms with van der Waals surface area (Å²) < 4.78 is 5.23. The van der Waals surface area contributed by atoms with Crippen LogP contribution < -0.4 is 15.0 Å². The Kier molecular flexibility index (Phi) is 5.76. The zero-order valence-corrected chi connectivity index (χ0v) is 15.6. The molecule has 25 heavy (non-hydrogen) atoms. The van der Waals surface area contributed by atoms with Crippen molar-refractivity contribution < 1.29 is 4.74 Å². The van der Waals surface area contributed by atoms with Crippen molar-refractivity contribution in [2.75, 3.05) is 38.2 Å². The third kappa shape index (κ3) is 4.42. The lowest BCUT2D eigenvalue weighted by molar-refractivity contribution is 0.376. The molecule has 2 aromatic carbocycles. The fraction of sp³-hybridized carbons (Fsp3) is 0.350. The van der Waals surface area contributed by atoms with E-state index in [-0.39, 0.29) is 6.04 Å². The predicted molar refractivity (Wildman–Crippen MR) is 107 cm³/mol. The molecule has 0 bridgehead atoms. The summed E-state index contributed by atoms with van der Waals surface area (Å²) in [6.07, 6.45) is 0. The number of rotatable bonds is 4. The highest BCUT2D eigenvalue weighted by molar-refractivity contribution is 7.80. The number of hydrogen-bond acceptors (Lipinski definition) is 3. The average molecular weight is 356 g/mol. The van der Waals surface area contributed by atoms with E-state index < -0.39 is 0 Å². The second kappa shape index (κ2) is 8.21. The highest BCUT2D eigenvalue weighted by atomic mass is 32.1. The van der Waals surface area contributed by atoms with Gasteiger partial charge in [-0.2, -0.15) is 0 Å². The van der Waals surface area contributed by atoms with Gasteiger partial charge in [-0.3, -0.25) is 0 Å². The molecule has 1 aliphatic heterocycles. The van der Waals surface area contributed by atoms with Gasteiger partial charge in [0.25, 0.3) is 0 Å². The first-order valence-electron chi connectivity index (χ1n) is 8.67. The van der Waals surface area contributed by atoms with Crippen LogP contribution in [0.5, 0.6) is 5.75 Å². The zero-order valence-electron chi connectivity index (χ0n) is 14.8. The third-order valence-electron chi connectivity index (χ3n) is 4.64. The minimum Gasteiger partial charge on any atom is -0.497 e. The lowest BCUT2D eigenvalue weighted by Gasteiger charge is -2.38. The Hall–Kier alpha value is -2.27. The lowest BCUT2D eigenvalue weighted by Crippen LogP contribution is -2.52. The first-order chi connectivity index (χ1) is 12.2. The molecule has 1 saturated heterocycles. The van der Waals surface area contributed by atoms with Gasteiger partial charge in [-0.25, -0.2) is 0 Å². The van der Waals surface area contributed by atoms with Gasteiger partial charge in [0.2, 0.25) is 0 Å². The van der Waals surface area contributed by atoms with Gasteiger partial charge in [-0.15, -0.1) is 0 Å². The standard InChI is InChI=1S/C20H25N3OS/c1-16(17-6-4-3-5-7-17)21-20(25)23-14-12-22(13-15-23)18-8-10-19(24-2)11-9-18/h3-11,16H,12-15H2,1-2H3,(H,21,25)/t16-/m0/s1. The van der Waals surface area contributed by atoms with Crippen molar-refractivity contribution in [3.63, 3.8) is 0 Å². The zero-order chi connectivity index (χ0) is 17.6. The molecule has 1 N–H and O–H groups in total. The number of nitrogens with one attached hydrogen (secondary N) is 1. The summed E-state index contributed by atoms with van der Waals surface area (Å²) in [7, 11) is 1.69. The normalized spacial score (nSPS) is 15.6. The number of methoxy groups -OCH3 is 1. The second-order valence-electron chi connectivity index (χ2n) is 6.25. The Balaban J connectivity index is 1.52. The Morgan fingerprint density at radius 3 is 2.24 bits per heavy atom. The number of benzene rings is 2. The van der Waals surface area contributed by atoms with Crippen LogP contribution in [0.15, 0.2) is 54.6 Å². The van der Waals surface area contributed by atoms with Crippen molar-refractivity contribution in [1.82, 2.24) is 10.2 Å². The molecule has 0 spiro atoms. The van der Waals surface area contributed by atoms with Gasteiger partial charge >= 0.3 is 0 Å². The topological polar surface area (TPSA) is 27.7 Å². The largest absolute Gasteiger partial charge is 0.497 e. The Bertz CT molecular complexity index is 682. The highest BCUT2D eigenvalue weighted by Gasteiger charge is 2.20. The van der Waals surface area contributed by atoms with Crippen LogP contribution in [-0.2, 0) is 0 Å². The number of hydrogen-bond donors (Lipinski definition) is 1. The molecule has 5 heteroatoms. The summed E-state index contributed by atoms with van der Waals surface area (Å²) in [5.41, 5.74) is 2.48. The summed E-state index contributed by atoms with van der Waals surface area (Å²) in [4.78, 5) is 4.65. The highest BCUT2D eigenvalue weighted by Crippen LogP contribution is 2.21. The van der Waals surface area contributed by atoms with Crippen molar-refractivity contribution in [3.05, 3.63) is 60.2 Å². The molecule has 2 aromatic rings. The summed E-state index contributed by atoms with van der Waals surface area (Å²) >= 11 is 5.62. The van der Waals surface area contributed by atoms with Crippen LogP contribution in [0, 0.1) is 0 Å². The predicted octanol–water partition coefficient (Wildman–Crippen LogP) is 3.45. The lowest BCUT2D eigenvalue weighted by atomic mass is 10.1. The SMILES string of the molecule is COc1ccc(N2CCN(C(=S)N[C@@H](C)c3ccccc3)CC2)cc1. The van der Waals surface area contributed by atoms with E-state index in [2.05, 4.69) is 58.4 Å².